The zero-order valence-corrected chi connectivity index (χ0v) is 14.3. The van der Waals surface area contributed by atoms with Crippen LogP contribution < -0.4 is 4.74 Å². The number of hydrogen-bond acceptors (Lipinski definition) is 5. The number of rotatable bonds is 2. The Kier molecular flexibility index (Phi) is 3.62. The number of benzene rings is 1. The molecule has 0 amide bonds. The number of methoxy groups -OCH3 is 1. The van der Waals surface area contributed by atoms with Crippen LogP contribution in [0.1, 0.15) is 42.3 Å². The molecule has 5 heteroatoms. The summed E-state index contributed by atoms with van der Waals surface area (Å²) in [4.78, 5) is 12.7. The van der Waals surface area contributed by atoms with Gasteiger partial charge in [-0.15, -0.1) is 0 Å². The van der Waals surface area contributed by atoms with Crippen molar-refractivity contribution in [3.63, 3.8) is 0 Å². The minimum absolute atomic E-state index is 0.266. The van der Waals surface area contributed by atoms with Gasteiger partial charge < -0.3 is 20.1 Å². The second-order valence-electron chi connectivity index (χ2n) is 7.15. The third kappa shape index (κ3) is 1.98. The molecule has 3 rings (SSSR count). The average Bonchev–Trinajstić information content (AvgIpc) is 2.55. The van der Waals surface area contributed by atoms with E-state index in [9.17, 15) is 20.1 Å². The van der Waals surface area contributed by atoms with Gasteiger partial charge in [-0.25, -0.2) is 0 Å². The minimum Gasteiger partial charge on any atom is -0.504 e. The molecule has 5 nitrogen and oxygen atoms in total. The van der Waals surface area contributed by atoms with Crippen LogP contribution in [0.5, 0.6) is 5.75 Å². The fourth-order valence-corrected chi connectivity index (χ4v) is 4.00. The van der Waals surface area contributed by atoms with Crippen molar-refractivity contribution in [2.24, 2.45) is 5.41 Å². The summed E-state index contributed by atoms with van der Waals surface area (Å²) in [5.41, 5.74) is 0.511. The highest BCUT2D eigenvalue weighted by atomic mass is 16.5. The first kappa shape index (κ1) is 16.7. The Bertz CT molecular complexity index is 787. The van der Waals surface area contributed by atoms with E-state index >= 15 is 0 Å². The van der Waals surface area contributed by atoms with Crippen LogP contribution in [0.2, 0.25) is 0 Å². The van der Waals surface area contributed by atoms with Gasteiger partial charge in [0.2, 0.25) is 5.78 Å². The highest BCUT2D eigenvalue weighted by Crippen LogP contribution is 2.54. The van der Waals surface area contributed by atoms with E-state index in [0.717, 1.165) is 0 Å². The smallest absolute Gasteiger partial charge is 0.227 e. The summed E-state index contributed by atoms with van der Waals surface area (Å²) >= 11 is 0. The predicted octanol–water partition coefficient (Wildman–Crippen LogP) is 2.41. The number of carbonyl (C=O) groups excluding carboxylic acids is 1. The number of hydrogen-bond donors (Lipinski definition) is 3. The van der Waals surface area contributed by atoms with Crippen molar-refractivity contribution in [2.45, 2.75) is 38.9 Å². The molecule has 0 spiro atoms. The van der Waals surface area contributed by atoms with E-state index < -0.39 is 22.7 Å². The van der Waals surface area contributed by atoms with Crippen LogP contribution in [0, 0.1) is 5.41 Å². The maximum absolute atomic E-state index is 12.7. The van der Waals surface area contributed by atoms with Crippen LogP contribution in [0.25, 0.3) is 0 Å². The Balaban J connectivity index is 2.38. The quantitative estimate of drug-likeness (QED) is 0.725. The Morgan fingerprint density at radius 1 is 1.25 bits per heavy atom. The molecule has 1 aromatic carbocycles. The standard InChI is InChI=1S/C19H22O5/c1-18(2)14(21)5-6-19(3)12-8-13(24-4)10(9-20)7-11(12)15(22)16(23)17(18)19/h5-8,14,20-21,23H,9H2,1-4H3. The average molecular weight is 330 g/mol. The van der Waals surface area contributed by atoms with Gasteiger partial charge in [0.25, 0.3) is 0 Å². The zero-order valence-electron chi connectivity index (χ0n) is 14.3. The number of ether oxygens (including phenoxy) is 1. The largest absolute Gasteiger partial charge is 0.504 e. The van der Waals surface area contributed by atoms with E-state index in [1.807, 2.05) is 26.8 Å². The third-order valence-electron chi connectivity index (χ3n) is 5.36. The van der Waals surface area contributed by atoms with Gasteiger partial charge in [-0.3, -0.25) is 4.79 Å². The first-order valence-electron chi connectivity index (χ1n) is 7.87. The number of allylic oxidation sites excluding steroid dienone is 2. The molecule has 0 fully saturated rings. The molecule has 2 aliphatic carbocycles. The molecule has 3 N–H and O–H groups in total. The lowest BCUT2D eigenvalue weighted by atomic mass is 9.56. The molecule has 2 aliphatic rings. The van der Waals surface area contributed by atoms with Gasteiger partial charge in [0, 0.05) is 22.0 Å². The van der Waals surface area contributed by atoms with Crippen LogP contribution in [0.3, 0.4) is 0 Å². The van der Waals surface area contributed by atoms with Gasteiger partial charge in [-0.05, 0) is 30.2 Å². The minimum atomic E-state index is -0.796. The molecule has 0 aliphatic heterocycles. The molecule has 0 aromatic heterocycles. The summed E-state index contributed by atoms with van der Waals surface area (Å²) < 4.78 is 5.34. The molecule has 128 valence electrons. The Labute approximate surface area is 140 Å². The molecule has 0 saturated heterocycles. The van der Waals surface area contributed by atoms with Gasteiger partial charge in [-0.2, -0.15) is 0 Å². The van der Waals surface area contributed by atoms with Crippen LogP contribution in [-0.2, 0) is 12.0 Å². The lowest BCUT2D eigenvalue weighted by molar-refractivity contribution is 0.0845. The van der Waals surface area contributed by atoms with E-state index in [4.69, 9.17) is 4.74 Å². The van der Waals surface area contributed by atoms with Crippen LogP contribution in [0.15, 0.2) is 35.6 Å². The second-order valence-corrected chi connectivity index (χ2v) is 7.15. The molecule has 2 unspecified atom stereocenters. The Morgan fingerprint density at radius 2 is 1.92 bits per heavy atom. The molecular weight excluding hydrogens is 308 g/mol. The van der Waals surface area contributed by atoms with Gasteiger partial charge in [0.15, 0.2) is 5.76 Å². The van der Waals surface area contributed by atoms with Gasteiger partial charge in [-0.1, -0.05) is 26.0 Å². The molecule has 0 saturated carbocycles. The Morgan fingerprint density at radius 3 is 2.50 bits per heavy atom. The molecule has 24 heavy (non-hydrogen) atoms. The van der Waals surface area contributed by atoms with E-state index in [0.29, 0.717) is 28.0 Å². The zero-order chi connectivity index (χ0) is 17.9. The summed E-state index contributed by atoms with van der Waals surface area (Å²) in [5.74, 6) is -0.332. The van der Waals surface area contributed by atoms with Crippen molar-refractivity contribution >= 4 is 5.78 Å². The molecule has 0 radical (unpaired) electrons. The second kappa shape index (κ2) is 5.19. The van der Waals surface area contributed by atoms with E-state index in [-0.39, 0.29) is 12.4 Å². The lowest BCUT2D eigenvalue weighted by Gasteiger charge is -2.47. The maximum atomic E-state index is 12.7. The number of fused-ring (bicyclic) bond motifs is 3. The summed E-state index contributed by atoms with van der Waals surface area (Å²) in [6.07, 6.45) is 2.72. The normalized spacial score (nSPS) is 27.8. The van der Waals surface area contributed by atoms with E-state index in [2.05, 4.69) is 0 Å². The van der Waals surface area contributed by atoms with E-state index in [1.165, 1.54) is 7.11 Å². The van der Waals surface area contributed by atoms with Crippen LogP contribution in [0.4, 0.5) is 0 Å². The first-order valence-corrected chi connectivity index (χ1v) is 7.87. The molecular formula is C19H22O5. The van der Waals surface area contributed by atoms with Crippen molar-refractivity contribution in [1.29, 1.82) is 0 Å². The Hall–Kier alpha value is -2.11. The fourth-order valence-electron chi connectivity index (χ4n) is 4.00. The van der Waals surface area contributed by atoms with Gasteiger partial charge >= 0.3 is 0 Å². The highest BCUT2D eigenvalue weighted by Gasteiger charge is 2.51. The van der Waals surface area contributed by atoms with Crippen molar-refractivity contribution in [2.75, 3.05) is 7.11 Å². The molecule has 1 aromatic rings. The monoisotopic (exact) mass is 330 g/mol. The van der Waals surface area contributed by atoms with Crippen molar-refractivity contribution in [1.82, 2.24) is 0 Å². The summed E-state index contributed by atoms with van der Waals surface area (Å²) in [6, 6.07) is 3.31. The van der Waals surface area contributed by atoms with Crippen LogP contribution in [-0.4, -0.2) is 34.3 Å². The number of Topliss-reactive ketones (excluding diaryl/α,β-unsaturated/α-hetero) is 1. The highest BCUT2D eigenvalue weighted by molar-refractivity contribution is 6.11. The maximum Gasteiger partial charge on any atom is 0.227 e. The molecule has 2 atom stereocenters. The number of ketones is 1. The molecule has 0 heterocycles. The lowest BCUT2D eigenvalue weighted by Crippen LogP contribution is -2.46. The first-order chi connectivity index (χ1) is 11.2. The summed E-state index contributed by atoms with van der Waals surface area (Å²) in [7, 11) is 1.51. The van der Waals surface area contributed by atoms with Crippen LogP contribution >= 0.6 is 0 Å². The van der Waals surface area contributed by atoms with Crippen molar-refractivity contribution in [3.8, 4) is 5.75 Å². The number of aliphatic hydroxyl groups excluding tert-OH is 3. The van der Waals surface area contributed by atoms with E-state index in [1.54, 1.807) is 18.2 Å². The van der Waals surface area contributed by atoms with Crippen molar-refractivity contribution in [3.05, 3.63) is 52.3 Å². The number of aliphatic hydroxyl groups is 3. The summed E-state index contributed by atoms with van der Waals surface area (Å²) in [6.45, 7) is 5.26. The topological polar surface area (TPSA) is 87.0 Å². The predicted molar refractivity (Wildman–Crippen MR) is 89.2 cm³/mol. The van der Waals surface area contributed by atoms with Gasteiger partial charge in [0.1, 0.15) is 5.75 Å². The van der Waals surface area contributed by atoms with Gasteiger partial charge in [0.05, 0.1) is 19.8 Å². The number of carbonyl (C=O) groups is 1. The fraction of sp³-hybridized carbons (Fsp3) is 0.421. The SMILES string of the molecule is COc1cc2c(cc1CO)C(=O)C(O)=C1C2(C)C=CC(O)C1(C)C. The summed E-state index contributed by atoms with van der Waals surface area (Å²) in [5, 5.41) is 30.4. The third-order valence-corrected chi connectivity index (χ3v) is 5.36. The molecule has 0 bridgehead atoms. The van der Waals surface area contributed by atoms with Crippen molar-refractivity contribution < 1.29 is 24.9 Å².